The van der Waals surface area contributed by atoms with Crippen molar-refractivity contribution in [3.05, 3.63) is 53.5 Å². The highest BCUT2D eigenvalue weighted by atomic mass is 19.1. The number of aliphatic hydroxyl groups is 1. The molecule has 4 nitrogen and oxygen atoms in total. The second kappa shape index (κ2) is 5.46. The number of methoxy groups -OCH3 is 1. The zero-order chi connectivity index (χ0) is 14.8. The van der Waals surface area contributed by atoms with E-state index in [2.05, 4.69) is 4.98 Å². The lowest BCUT2D eigenvalue weighted by Gasteiger charge is -2.26. The fourth-order valence-electron chi connectivity index (χ4n) is 2.29. The van der Waals surface area contributed by atoms with Gasteiger partial charge in [0.2, 0.25) is 0 Å². The van der Waals surface area contributed by atoms with Crippen LogP contribution in [0.5, 0.6) is 5.75 Å². The summed E-state index contributed by atoms with van der Waals surface area (Å²) in [5.74, 6) is 0.173. The predicted octanol–water partition coefficient (Wildman–Crippen LogP) is 2.26. The molecule has 2 aromatic rings. The molecule has 1 aromatic heterocycles. The topological polar surface area (TPSA) is 68.4 Å². The Kier molecular flexibility index (Phi) is 3.90. The standard InChI is InChI=1S/C15H17FN2O2/c1-15(19,9-10-6-7-18-13(17)8-10)14-11(16)4-3-5-12(14)20-2/h3-8,19H,9H2,1-2H3,(H2,17,18). The minimum atomic E-state index is -1.41. The van der Waals surface area contributed by atoms with Crippen molar-refractivity contribution < 1.29 is 14.2 Å². The van der Waals surface area contributed by atoms with E-state index >= 15 is 0 Å². The molecule has 0 bridgehead atoms. The summed E-state index contributed by atoms with van der Waals surface area (Å²) in [7, 11) is 1.44. The fourth-order valence-corrected chi connectivity index (χ4v) is 2.29. The van der Waals surface area contributed by atoms with Crippen LogP contribution in [-0.2, 0) is 12.0 Å². The molecule has 2 rings (SSSR count). The maximum atomic E-state index is 14.0. The number of nitrogens with zero attached hydrogens (tertiary/aromatic N) is 1. The van der Waals surface area contributed by atoms with Crippen molar-refractivity contribution in [1.29, 1.82) is 0 Å². The molecule has 1 heterocycles. The normalized spacial score (nSPS) is 13.8. The molecule has 0 aliphatic heterocycles. The molecule has 0 aliphatic rings. The lowest BCUT2D eigenvalue weighted by molar-refractivity contribution is 0.0510. The molecule has 3 N–H and O–H groups in total. The van der Waals surface area contributed by atoms with Gasteiger partial charge in [-0.25, -0.2) is 9.37 Å². The summed E-state index contributed by atoms with van der Waals surface area (Å²) in [5.41, 5.74) is 5.11. The van der Waals surface area contributed by atoms with Crippen LogP contribution in [0.2, 0.25) is 0 Å². The van der Waals surface area contributed by atoms with E-state index < -0.39 is 11.4 Å². The van der Waals surface area contributed by atoms with Gasteiger partial charge in [-0.2, -0.15) is 0 Å². The number of hydrogen-bond acceptors (Lipinski definition) is 4. The number of pyridine rings is 1. The first-order chi connectivity index (χ1) is 9.44. The van der Waals surface area contributed by atoms with Gasteiger partial charge in [-0.1, -0.05) is 6.07 Å². The summed E-state index contributed by atoms with van der Waals surface area (Å²) in [6.07, 6.45) is 1.76. The number of anilines is 1. The number of ether oxygens (including phenoxy) is 1. The first-order valence-electron chi connectivity index (χ1n) is 6.20. The molecular weight excluding hydrogens is 259 g/mol. The lowest BCUT2D eigenvalue weighted by atomic mass is 9.88. The molecule has 106 valence electrons. The molecule has 20 heavy (non-hydrogen) atoms. The average Bonchev–Trinajstić information content (AvgIpc) is 2.37. The monoisotopic (exact) mass is 276 g/mol. The summed E-state index contributed by atoms with van der Waals surface area (Å²) in [5, 5.41) is 10.6. The second-order valence-electron chi connectivity index (χ2n) is 4.86. The Balaban J connectivity index is 2.40. The van der Waals surface area contributed by atoms with Crippen LogP contribution in [0.25, 0.3) is 0 Å². The van der Waals surface area contributed by atoms with E-state index in [-0.39, 0.29) is 12.0 Å². The van der Waals surface area contributed by atoms with Crippen molar-refractivity contribution in [1.82, 2.24) is 4.98 Å². The maximum Gasteiger partial charge on any atom is 0.133 e. The van der Waals surface area contributed by atoms with Crippen LogP contribution in [0.3, 0.4) is 0 Å². The Morgan fingerprint density at radius 1 is 1.40 bits per heavy atom. The van der Waals surface area contributed by atoms with Gasteiger partial charge in [-0.05, 0) is 36.8 Å². The number of benzene rings is 1. The minimum absolute atomic E-state index is 0.137. The summed E-state index contributed by atoms with van der Waals surface area (Å²) in [6, 6.07) is 7.85. The Labute approximate surface area is 117 Å². The van der Waals surface area contributed by atoms with Gasteiger partial charge >= 0.3 is 0 Å². The molecule has 0 spiro atoms. The molecule has 1 aromatic carbocycles. The van der Waals surface area contributed by atoms with Crippen molar-refractivity contribution in [2.75, 3.05) is 12.8 Å². The Bertz CT molecular complexity index is 615. The molecule has 0 saturated carbocycles. The van der Waals surface area contributed by atoms with Crippen molar-refractivity contribution >= 4 is 5.82 Å². The van der Waals surface area contributed by atoms with Gasteiger partial charge in [0.15, 0.2) is 0 Å². The van der Waals surface area contributed by atoms with Gasteiger partial charge in [-0.15, -0.1) is 0 Å². The van der Waals surface area contributed by atoms with E-state index in [4.69, 9.17) is 10.5 Å². The van der Waals surface area contributed by atoms with Crippen LogP contribution in [0.1, 0.15) is 18.1 Å². The number of nitrogens with two attached hydrogens (primary N) is 1. The van der Waals surface area contributed by atoms with E-state index in [0.29, 0.717) is 11.6 Å². The van der Waals surface area contributed by atoms with E-state index in [0.717, 1.165) is 5.56 Å². The van der Waals surface area contributed by atoms with E-state index in [1.54, 1.807) is 31.3 Å². The van der Waals surface area contributed by atoms with Crippen LogP contribution in [0.15, 0.2) is 36.5 Å². The number of halogens is 1. The first-order valence-corrected chi connectivity index (χ1v) is 6.20. The lowest BCUT2D eigenvalue weighted by Crippen LogP contribution is -2.26. The number of nitrogen functional groups attached to an aromatic ring is 1. The van der Waals surface area contributed by atoms with Crippen molar-refractivity contribution in [2.45, 2.75) is 18.9 Å². The largest absolute Gasteiger partial charge is 0.496 e. The van der Waals surface area contributed by atoms with Gasteiger partial charge in [0.25, 0.3) is 0 Å². The van der Waals surface area contributed by atoms with Gasteiger partial charge in [0, 0.05) is 12.6 Å². The van der Waals surface area contributed by atoms with Gasteiger partial charge in [-0.3, -0.25) is 0 Å². The molecule has 0 amide bonds. The Morgan fingerprint density at radius 3 is 2.80 bits per heavy atom. The van der Waals surface area contributed by atoms with E-state index in [9.17, 15) is 9.50 Å². The highest BCUT2D eigenvalue weighted by molar-refractivity contribution is 5.41. The molecule has 0 radical (unpaired) electrons. The molecule has 1 unspecified atom stereocenters. The number of aromatic nitrogens is 1. The average molecular weight is 276 g/mol. The van der Waals surface area contributed by atoms with Crippen LogP contribution in [0.4, 0.5) is 10.2 Å². The predicted molar refractivity (Wildman–Crippen MR) is 74.9 cm³/mol. The Morgan fingerprint density at radius 2 is 2.15 bits per heavy atom. The highest BCUT2D eigenvalue weighted by Gasteiger charge is 2.30. The summed E-state index contributed by atoms with van der Waals surface area (Å²) in [4.78, 5) is 3.89. The van der Waals surface area contributed by atoms with E-state index in [1.165, 1.54) is 19.2 Å². The highest BCUT2D eigenvalue weighted by Crippen LogP contribution is 2.34. The SMILES string of the molecule is COc1cccc(F)c1C(C)(O)Cc1ccnc(N)c1. The molecule has 0 aliphatic carbocycles. The fraction of sp³-hybridized carbons (Fsp3) is 0.267. The molecule has 0 fully saturated rings. The van der Waals surface area contributed by atoms with Crippen molar-refractivity contribution in [2.24, 2.45) is 0 Å². The maximum absolute atomic E-state index is 14.0. The van der Waals surface area contributed by atoms with Crippen LogP contribution in [0, 0.1) is 5.82 Å². The summed E-state index contributed by atoms with van der Waals surface area (Å²) < 4.78 is 19.2. The van der Waals surface area contributed by atoms with Crippen molar-refractivity contribution in [3.8, 4) is 5.75 Å². The van der Waals surface area contributed by atoms with Crippen LogP contribution < -0.4 is 10.5 Å². The summed E-state index contributed by atoms with van der Waals surface area (Å²) >= 11 is 0. The minimum Gasteiger partial charge on any atom is -0.496 e. The number of hydrogen-bond donors (Lipinski definition) is 2. The number of rotatable bonds is 4. The molecule has 1 atom stereocenters. The van der Waals surface area contributed by atoms with Crippen molar-refractivity contribution in [3.63, 3.8) is 0 Å². The zero-order valence-electron chi connectivity index (χ0n) is 11.4. The van der Waals surface area contributed by atoms with Gasteiger partial charge in [0.05, 0.1) is 18.3 Å². The smallest absolute Gasteiger partial charge is 0.133 e. The zero-order valence-corrected chi connectivity index (χ0v) is 11.4. The molecular formula is C15H17FN2O2. The summed E-state index contributed by atoms with van der Waals surface area (Å²) in [6.45, 7) is 1.55. The Hall–Kier alpha value is -2.14. The quantitative estimate of drug-likeness (QED) is 0.898. The third kappa shape index (κ3) is 2.88. The third-order valence-corrected chi connectivity index (χ3v) is 3.13. The van der Waals surface area contributed by atoms with Gasteiger partial charge in [0.1, 0.15) is 17.4 Å². The first kappa shape index (κ1) is 14.3. The third-order valence-electron chi connectivity index (χ3n) is 3.13. The molecule has 5 heteroatoms. The van der Waals surface area contributed by atoms with Crippen LogP contribution >= 0.6 is 0 Å². The molecule has 0 saturated heterocycles. The van der Waals surface area contributed by atoms with E-state index in [1.807, 2.05) is 0 Å². The second-order valence-corrected chi connectivity index (χ2v) is 4.86. The van der Waals surface area contributed by atoms with Crippen LogP contribution in [-0.4, -0.2) is 17.2 Å². The van der Waals surface area contributed by atoms with Gasteiger partial charge < -0.3 is 15.6 Å².